The number of carbonyl (C=O) groups is 5. The SMILES string of the molecule is Cc1ccc(F)c(NC(=O)Nc2ccc(-c3cccc4c3c(N)nn4C(=O)CCCCCC(=O)NC(C(=O)N3CC(O)CC3C(=O)NCc3ccc(-c4scnc4C)cc3)C(C)(C)C)cc2)c1. The molecule has 3 atom stereocenters. The number of likely N-dealkylation sites (tertiary alicyclic amines) is 1. The van der Waals surface area contributed by atoms with Crippen LogP contribution in [0.15, 0.2) is 90.4 Å². The lowest BCUT2D eigenvalue weighted by atomic mass is 9.85. The van der Waals surface area contributed by atoms with Crippen LogP contribution in [-0.2, 0) is 20.9 Å². The molecule has 1 aliphatic rings. The summed E-state index contributed by atoms with van der Waals surface area (Å²) in [4.78, 5) is 73.7. The summed E-state index contributed by atoms with van der Waals surface area (Å²) in [5, 5.41) is 26.6. The fourth-order valence-electron chi connectivity index (χ4n) is 8.24. The minimum atomic E-state index is -0.953. The maximum Gasteiger partial charge on any atom is 0.323 e. The topological polar surface area (TPSA) is 214 Å². The van der Waals surface area contributed by atoms with Crippen LogP contribution in [0.1, 0.15) is 80.9 Å². The van der Waals surface area contributed by atoms with Gasteiger partial charge >= 0.3 is 6.03 Å². The number of aryl methyl sites for hydroxylation is 2. The van der Waals surface area contributed by atoms with E-state index in [4.69, 9.17) is 5.73 Å². The normalized spacial score (nSPS) is 15.3. The smallest absolute Gasteiger partial charge is 0.323 e. The number of β-amino-alcohol motifs (C(OH)–C–C–N with tert-alkyl or cyclic N) is 1. The Morgan fingerprint density at radius 2 is 1.63 bits per heavy atom. The number of nitrogens with one attached hydrogen (secondary N) is 4. The Balaban J connectivity index is 0.890. The number of aliphatic hydroxyl groups is 1. The minimum Gasteiger partial charge on any atom is -0.391 e. The maximum atomic E-state index is 14.2. The van der Waals surface area contributed by atoms with E-state index in [1.807, 2.05) is 58.0 Å². The van der Waals surface area contributed by atoms with Crippen molar-refractivity contribution in [2.45, 2.75) is 97.9 Å². The number of carbonyl (C=O) groups excluding carboxylic acids is 5. The molecule has 17 heteroatoms. The highest BCUT2D eigenvalue weighted by Gasteiger charge is 2.44. The van der Waals surface area contributed by atoms with E-state index in [0.29, 0.717) is 35.9 Å². The fraction of sp³-hybridized carbons (Fsp3) is 0.340. The summed E-state index contributed by atoms with van der Waals surface area (Å²) in [5.74, 6) is -1.77. The van der Waals surface area contributed by atoms with E-state index < -0.39 is 41.4 Å². The second-order valence-corrected chi connectivity index (χ2v) is 18.9. The van der Waals surface area contributed by atoms with Crippen LogP contribution >= 0.6 is 11.3 Å². The largest absolute Gasteiger partial charge is 0.391 e. The van der Waals surface area contributed by atoms with Crippen molar-refractivity contribution < 1.29 is 33.5 Å². The minimum absolute atomic E-state index is 0.0264. The molecular formula is C50H56FN9O6S. The molecule has 0 aliphatic carbocycles. The number of aliphatic hydroxyl groups excluding tert-OH is 1. The van der Waals surface area contributed by atoms with Gasteiger partial charge in [0.2, 0.25) is 23.6 Å². The summed E-state index contributed by atoms with van der Waals surface area (Å²) in [6.45, 7) is 9.49. The standard InChI is InChI=1S/C50H56FN9O6S/c1-29-14-23-37(51)38(24-29)56-49(66)55-34-21-19-32(20-22-34)36-10-9-11-39-43(36)46(52)58-60(39)42(63)13-8-6-7-12-41(62)57-45(50(3,4)5)48(65)59-27-35(61)25-40(59)47(64)53-26-31-15-17-33(18-16-31)44-30(2)54-28-67-44/h9-11,14-24,28,35,40,45,61H,6-8,12-13,25-27H2,1-5H3,(H2,52,58)(H,53,64)(H,57,62)(H2,55,56,66). The molecule has 67 heavy (non-hydrogen) atoms. The third-order valence-electron chi connectivity index (χ3n) is 11.8. The number of hydrogen-bond donors (Lipinski definition) is 6. The summed E-state index contributed by atoms with van der Waals surface area (Å²) < 4.78 is 15.5. The number of fused-ring (bicyclic) bond motifs is 1. The predicted molar refractivity (Wildman–Crippen MR) is 259 cm³/mol. The molecule has 0 saturated carbocycles. The Hall–Kier alpha value is -6.98. The van der Waals surface area contributed by atoms with Gasteiger partial charge in [-0.3, -0.25) is 19.2 Å². The predicted octanol–water partition coefficient (Wildman–Crippen LogP) is 8.21. The van der Waals surface area contributed by atoms with E-state index in [1.165, 1.54) is 15.6 Å². The van der Waals surface area contributed by atoms with Crippen molar-refractivity contribution in [3.63, 3.8) is 0 Å². The molecule has 1 aliphatic heterocycles. The Bertz CT molecular complexity index is 2780. The van der Waals surface area contributed by atoms with Crippen molar-refractivity contribution in [2.24, 2.45) is 5.41 Å². The van der Waals surface area contributed by atoms with Gasteiger partial charge in [0.15, 0.2) is 5.82 Å². The summed E-state index contributed by atoms with van der Waals surface area (Å²) >= 11 is 1.56. The molecule has 7 N–H and O–H groups in total. The van der Waals surface area contributed by atoms with E-state index in [9.17, 15) is 33.5 Å². The average molecular weight is 930 g/mol. The van der Waals surface area contributed by atoms with E-state index in [-0.39, 0.29) is 61.6 Å². The molecule has 0 radical (unpaired) electrons. The number of benzene rings is 4. The average Bonchev–Trinajstić information content (AvgIpc) is 4.01. The van der Waals surface area contributed by atoms with Crippen molar-refractivity contribution in [1.29, 1.82) is 0 Å². The number of rotatable bonds is 15. The summed E-state index contributed by atoms with van der Waals surface area (Å²) in [5.41, 5.74) is 13.8. The Kier molecular flexibility index (Phi) is 14.8. The molecule has 1 fully saturated rings. The number of nitrogen functional groups attached to an aromatic ring is 1. The van der Waals surface area contributed by atoms with Crippen molar-refractivity contribution >= 4 is 69.1 Å². The molecule has 2 aromatic heterocycles. The number of nitrogens with two attached hydrogens (primary N) is 1. The van der Waals surface area contributed by atoms with Crippen LogP contribution < -0.4 is 27.0 Å². The van der Waals surface area contributed by atoms with Crippen LogP contribution in [0.2, 0.25) is 0 Å². The maximum absolute atomic E-state index is 14.2. The number of hydrogen-bond acceptors (Lipinski definition) is 10. The van der Waals surface area contributed by atoms with Crippen LogP contribution in [0, 0.1) is 25.1 Å². The number of thiazole rings is 1. The zero-order valence-electron chi connectivity index (χ0n) is 38.2. The van der Waals surface area contributed by atoms with Crippen LogP contribution in [0.3, 0.4) is 0 Å². The number of urea groups is 1. The van der Waals surface area contributed by atoms with Crippen molar-refractivity contribution in [2.75, 3.05) is 22.9 Å². The fourth-order valence-corrected chi connectivity index (χ4v) is 9.05. The highest BCUT2D eigenvalue weighted by atomic mass is 32.1. The third kappa shape index (κ3) is 11.5. The van der Waals surface area contributed by atoms with Gasteiger partial charge in [-0.15, -0.1) is 16.4 Å². The zero-order valence-corrected chi connectivity index (χ0v) is 39.0. The van der Waals surface area contributed by atoms with Gasteiger partial charge in [0, 0.05) is 38.0 Å². The lowest BCUT2D eigenvalue weighted by Crippen LogP contribution is -2.57. The van der Waals surface area contributed by atoms with Gasteiger partial charge in [-0.05, 0) is 90.3 Å². The van der Waals surface area contributed by atoms with E-state index in [2.05, 4.69) is 31.3 Å². The van der Waals surface area contributed by atoms with Crippen molar-refractivity contribution in [3.05, 3.63) is 113 Å². The van der Waals surface area contributed by atoms with Crippen molar-refractivity contribution in [1.82, 2.24) is 30.3 Å². The van der Waals surface area contributed by atoms with Gasteiger partial charge in [0.25, 0.3) is 0 Å². The lowest BCUT2D eigenvalue weighted by Gasteiger charge is -2.35. The van der Waals surface area contributed by atoms with Crippen molar-refractivity contribution in [3.8, 4) is 21.6 Å². The van der Waals surface area contributed by atoms with Gasteiger partial charge in [-0.1, -0.05) is 81.8 Å². The van der Waals surface area contributed by atoms with E-state index >= 15 is 0 Å². The molecule has 5 amide bonds. The van der Waals surface area contributed by atoms with Crippen LogP contribution in [-0.4, -0.2) is 79.2 Å². The van der Waals surface area contributed by atoms with E-state index in [0.717, 1.165) is 38.4 Å². The van der Waals surface area contributed by atoms with Gasteiger partial charge < -0.3 is 37.0 Å². The zero-order chi connectivity index (χ0) is 48.0. The molecule has 350 valence electrons. The molecule has 7 rings (SSSR count). The summed E-state index contributed by atoms with van der Waals surface area (Å²) in [6.07, 6.45) is 0.964. The molecule has 3 heterocycles. The monoisotopic (exact) mass is 929 g/mol. The molecule has 4 aromatic carbocycles. The summed E-state index contributed by atoms with van der Waals surface area (Å²) in [6, 6.07) is 22.3. The third-order valence-corrected chi connectivity index (χ3v) is 12.8. The van der Waals surface area contributed by atoms with Gasteiger partial charge in [-0.25, -0.2) is 14.2 Å². The summed E-state index contributed by atoms with van der Waals surface area (Å²) in [7, 11) is 0. The lowest BCUT2D eigenvalue weighted by molar-refractivity contribution is -0.144. The number of aromatic nitrogens is 3. The molecular weight excluding hydrogens is 874 g/mol. The van der Waals surface area contributed by atoms with Crippen LogP contribution in [0.4, 0.5) is 26.4 Å². The second kappa shape index (κ2) is 20.7. The first-order valence-electron chi connectivity index (χ1n) is 22.3. The molecule has 6 aromatic rings. The first-order chi connectivity index (χ1) is 32.0. The molecule has 0 bridgehead atoms. The molecule has 1 saturated heterocycles. The molecule has 3 unspecified atom stereocenters. The van der Waals surface area contributed by atoms with E-state index in [1.54, 1.807) is 72.3 Å². The quantitative estimate of drug-likeness (QED) is 0.0547. The number of halogens is 1. The number of nitrogens with zero attached hydrogens (tertiary/aromatic N) is 4. The number of anilines is 3. The first kappa shape index (κ1) is 48.0. The van der Waals surface area contributed by atoms with Crippen LogP contribution in [0.5, 0.6) is 0 Å². The van der Waals surface area contributed by atoms with Gasteiger partial charge in [0.05, 0.1) is 38.8 Å². The molecule has 0 spiro atoms. The second-order valence-electron chi connectivity index (χ2n) is 18.0. The van der Waals surface area contributed by atoms with Crippen LogP contribution in [0.25, 0.3) is 32.5 Å². The highest BCUT2D eigenvalue weighted by molar-refractivity contribution is 7.13. The Morgan fingerprint density at radius 3 is 2.33 bits per heavy atom. The van der Waals surface area contributed by atoms with Gasteiger partial charge in [-0.2, -0.15) is 4.68 Å². The number of amides is 5. The Labute approximate surface area is 392 Å². The highest BCUT2D eigenvalue weighted by Crippen LogP contribution is 2.34. The number of unbranched alkanes of at least 4 members (excludes halogenated alkanes) is 2. The van der Waals surface area contributed by atoms with Gasteiger partial charge in [0.1, 0.15) is 17.9 Å². The molecule has 15 nitrogen and oxygen atoms in total. The first-order valence-corrected chi connectivity index (χ1v) is 23.1. The Morgan fingerprint density at radius 1 is 0.910 bits per heavy atom.